The summed E-state index contributed by atoms with van der Waals surface area (Å²) < 4.78 is 15.1. The van der Waals surface area contributed by atoms with E-state index in [1.54, 1.807) is 0 Å². The minimum absolute atomic E-state index is 0.277. The molecule has 0 aromatic carbocycles. The molecule has 0 aromatic rings. The van der Waals surface area contributed by atoms with Crippen molar-refractivity contribution in [1.82, 2.24) is 0 Å². The second-order valence-electron chi connectivity index (χ2n) is 2.34. The van der Waals surface area contributed by atoms with E-state index in [1.165, 1.54) is 6.66 Å². The van der Waals surface area contributed by atoms with Gasteiger partial charge in [0, 0.05) is 6.66 Å². The first-order chi connectivity index (χ1) is 4.42. The van der Waals surface area contributed by atoms with Crippen molar-refractivity contribution >= 4 is 7.60 Å². The van der Waals surface area contributed by atoms with Gasteiger partial charge in [0.2, 0.25) is 0 Å². The summed E-state index contributed by atoms with van der Waals surface area (Å²) in [5, 5.41) is 0. The zero-order valence-electron chi connectivity index (χ0n) is 6.33. The van der Waals surface area contributed by atoms with Gasteiger partial charge in [-0.25, -0.2) is 0 Å². The van der Waals surface area contributed by atoms with Gasteiger partial charge in [-0.2, -0.15) is 0 Å². The van der Waals surface area contributed by atoms with Crippen molar-refractivity contribution < 1.29 is 14.0 Å². The zero-order chi connectivity index (χ0) is 8.20. The van der Waals surface area contributed by atoms with Crippen molar-refractivity contribution in [2.24, 2.45) is 0 Å². The molecule has 0 bridgehead atoms. The van der Waals surface area contributed by atoms with Crippen LogP contribution in [0.2, 0.25) is 0 Å². The van der Waals surface area contributed by atoms with E-state index in [1.807, 2.05) is 6.92 Å². The van der Waals surface area contributed by atoms with E-state index >= 15 is 0 Å². The minimum atomic E-state index is -3.26. The van der Waals surface area contributed by atoms with Crippen LogP contribution in [0.5, 0.6) is 0 Å². The van der Waals surface area contributed by atoms with Crippen LogP contribution < -0.4 is 0 Å². The Morgan fingerprint density at radius 3 is 2.60 bits per heavy atom. The lowest BCUT2D eigenvalue weighted by Gasteiger charge is -2.05. The molecule has 0 amide bonds. The van der Waals surface area contributed by atoms with E-state index in [2.05, 4.69) is 11.1 Å². The maximum atomic E-state index is 10.5. The van der Waals surface area contributed by atoms with Crippen LogP contribution in [0.4, 0.5) is 0 Å². The predicted molar refractivity (Wildman–Crippen MR) is 41.1 cm³/mol. The molecule has 3 nitrogen and oxygen atoms in total. The normalized spacial score (nSPS) is 16.3. The fourth-order valence-electron chi connectivity index (χ4n) is 0.389. The molecule has 4 heteroatoms. The molecule has 0 aliphatic carbocycles. The third-order valence-corrected chi connectivity index (χ3v) is 1.52. The Morgan fingerprint density at radius 2 is 2.30 bits per heavy atom. The first kappa shape index (κ1) is 9.89. The van der Waals surface area contributed by atoms with Crippen LogP contribution in [0.15, 0.2) is 12.2 Å². The molecule has 0 aliphatic heterocycles. The minimum Gasteiger partial charge on any atom is -0.324 e. The lowest BCUT2D eigenvalue weighted by molar-refractivity contribution is 0.268. The molecule has 1 unspecified atom stereocenters. The van der Waals surface area contributed by atoms with Gasteiger partial charge in [-0.1, -0.05) is 5.57 Å². The average molecular weight is 164 g/mol. The Balaban J connectivity index is 3.39. The molecule has 0 saturated carbocycles. The van der Waals surface area contributed by atoms with Crippen molar-refractivity contribution in [3.63, 3.8) is 0 Å². The summed E-state index contributed by atoms with van der Waals surface area (Å²) in [5.41, 5.74) is 0.952. The molecular weight excluding hydrogens is 151 g/mol. The van der Waals surface area contributed by atoms with E-state index in [-0.39, 0.29) is 6.61 Å². The van der Waals surface area contributed by atoms with Crippen LogP contribution in [-0.4, -0.2) is 18.2 Å². The van der Waals surface area contributed by atoms with Crippen molar-refractivity contribution in [1.29, 1.82) is 0 Å². The molecule has 1 N–H and O–H groups in total. The Labute approximate surface area is 61.2 Å². The topological polar surface area (TPSA) is 46.5 Å². The van der Waals surface area contributed by atoms with E-state index in [0.29, 0.717) is 6.42 Å². The van der Waals surface area contributed by atoms with Crippen molar-refractivity contribution in [3.8, 4) is 0 Å². The van der Waals surface area contributed by atoms with Crippen molar-refractivity contribution in [2.45, 2.75) is 13.3 Å². The predicted octanol–water partition coefficient (Wildman–Crippen LogP) is 1.78. The highest BCUT2D eigenvalue weighted by atomic mass is 31.2. The van der Waals surface area contributed by atoms with Gasteiger partial charge in [-0.15, -0.1) is 6.58 Å². The fraction of sp³-hybridized carbons (Fsp3) is 0.667. The summed E-state index contributed by atoms with van der Waals surface area (Å²) in [6.45, 7) is 6.92. The van der Waals surface area contributed by atoms with Crippen LogP contribution in [-0.2, 0) is 9.09 Å². The molecular formula is C6H13O3P. The highest BCUT2D eigenvalue weighted by molar-refractivity contribution is 7.51. The molecule has 0 saturated heterocycles. The molecule has 1 atom stereocenters. The van der Waals surface area contributed by atoms with Crippen LogP contribution in [0.25, 0.3) is 0 Å². The Morgan fingerprint density at radius 1 is 1.80 bits per heavy atom. The monoisotopic (exact) mass is 164 g/mol. The summed E-state index contributed by atoms with van der Waals surface area (Å²) in [5.74, 6) is 0. The molecule has 60 valence electrons. The number of hydrogen-bond acceptors (Lipinski definition) is 2. The van der Waals surface area contributed by atoms with Gasteiger partial charge in [0.25, 0.3) is 0 Å². The largest absolute Gasteiger partial charge is 0.325 e. The van der Waals surface area contributed by atoms with Crippen LogP contribution in [0.1, 0.15) is 13.3 Å². The Kier molecular flexibility index (Phi) is 3.87. The molecule has 0 aromatic heterocycles. The van der Waals surface area contributed by atoms with Gasteiger partial charge >= 0.3 is 7.60 Å². The Bertz CT molecular complexity index is 158. The van der Waals surface area contributed by atoms with Gasteiger partial charge in [-0.05, 0) is 13.3 Å². The molecule has 0 radical (unpaired) electrons. The summed E-state index contributed by atoms with van der Waals surface area (Å²) in [6, 6.07) is 0. The standard InChI is InChI=1S/C6H13O3P/c1-6(2)4-5-9-10(3,7)8/h1,4-5H2,2-3H3,(H,7,8). The molecule has 0 aliphatic rings. The fourth-order valence-corrected chi connectivity index (χ4v) is 0.819. The summed E-state index contributed by atoms with van der Waals surface area (Å²) >= 11 is 0. The van der Waals surface area contributed by atoms with Crippen molar-refractivity contribution in [3.05, 3.63) is 12.2 Å². The summed E-state index contributed by atoms with van der Waals surface area (Å²) in [7, 11) is -3.26. The van der Waals surface area contributed by atoms with E-state index in [0.717, 1.165) is 5.57 Å². The smallest absolute Gasteiger partial charge is 0.324 e. The molecule has 0 rings (SSSR count). The lowest BCUT2D eigenvalue weighted by Crippen LogP contribution is -1.91. The van der Waals surface area contributed by atoms with E-state index in [9.17, 15) is 4.57 Å². The third-order valence-electron chi connectivity index (χ3n) is 0.860. The van der Waals surface area contributed by atoms with Gasteiger partial charge < -0.3 is 9.42 Å². The highest BCUT2D eigenvalue weighted by Crippen LogP contribution is 2.36. The van der Waals surface area contributed by atoms with Crippen molar-refractivity contribution in [2.75, 3.05) is 13.3 Å². The number of hydrogen-bond donors (Lipinski definition) is 1. The quantitative estimate of drug-likeness (QED) is 0.509. The van der Waals surface area contributed by atoms with Gasteiger partial charge in [0.05, 0.1) is 6.61 Å². The molecule has 0 spiro atoms. The van der Waals surface area contributed by atoms with Crippen LogP contribution in [0, 0.1) is 0 Å². The lowest BCUT2D eigenvalue weighted by atomic mass is 10.3. The zero-order valence-corrected chi connectivity index (χ0v) is 7.23. The molecule has 0 heterocycles. The van der Waals surface area contributed by atoms with Crippen LogP contribution in [0.3, 0.4) is 0 Å². The highest BCUT2D eigenvalue weighted by Gasteiger charge is 2.08. The second kappa shape index (κ2) is 3.91. The molecule has 10 heavy (non-hydrogen) atoms. The Hall–Kier alpha value is -0.110. The first-order valence-corrected chi connectivity index (χ1v) is 5.03. The van der Waals surface area contributed by atoms with Gasteiger partial charge in [0.15, 0.2) is 0 Å². The maximum absolute atomic E-state index is 10.5. The van der Waals surface area contributed by atoms with Gasteiger partial charge in [0.1, 0.15) is 0 Å². The SMILES string of the molecule is C=C(C)CCOP(C)(=O)O. The number of rotatable bonds is 4. The first-order valence-electron chi connectivity index (χ1n) is 3.01. The summed E-state index contributed by atoms with van der Waals surface area (Å²) in [6.07, 6.45) is 0.637. The second-order valence-corrected chi connectivity index (χ2v) is 4.21. The van der Waals surface area contributed by atoms with Gasteiger partial charge in [-0.3, -0.25) is 4.57 Å². The molecule has 0 fully saturated rings. The van der Waals surface area contributed by atoms with E-state index in [4.69, 9.17) is 4.89 Å². The average Bonchev–Trinajstić information content (AvgIpc) is 1.59. The summed E-state index contributed by atoms with van der Waals surface area (Å²) in [4.78, 5) is 8.63. The third kappa shape index (κ3) is 7.89. The van der Waals surface area contributed by atoms with E-state index < -0.39 is 7.60 Å². The van der Waals surface area contributed by atoms with Crippen LogP contribution >= 0.6 is 7.60 Å². The maximum Gasteiger partial charge on any atom is 0.325 e.